The molecule has 0 unspecified atom stereocenters. The number of hydrogen-bond acceptors (Lipinski definition) is 4. The first-order valence-corrected chi connectivity index (χ1v) is 9.11. The molecule has 2 fully saturated rings. The second-order valence-electron chi connectivity index (χ2n) is 6.49. The summed E-state index contributed by atoms with van der Waals surface area (Å²) in [6.07, 6.45) is 4.68. The van der Waals surface area contributed by atoms with E-state index >= 15 is 0 Å². The molecule has 1 aromatic heterocycles. The lowest BCUT2D eigenvalue weighted by Gasteiger charge is -2.52. The lowest BCUT2D eigenvalue weighted by atomic mass is 9.71. The SMILES string of the molecule is CN(C)S(=O)(=O)N1CCC2(CC1)CN(Cc1cccnc1)C2=O. The maximum Gasteiger partial charge on any atom is 0.281 e. The van der Waals surface area contributed by atoms with Gasteiger partial charge in [-0.1, -0.05) is 6.07 Å². The summed E-state index contributed by atoms with van der Waals surface area (Å²) in [6.45, 7) is 2.10. The average Bonchev–Trinajstić information content (AvgIpc) is 2.55. The highest BCUT2D eigenvalue weighted by atomic mass is 32.2. The first-order valence-electron chi connectivity index (χ1n) is 7.71. The quantitative estimate of drug-likeness (QED) is 0.741. The van der Waals surface area contributed by atoms with Gasteiger partial charge in [-0.25, -0.2) is 0 Å². The standard InChI is InChI=1S/C15H22N4O3S/c1-17(2)23(21,22)19-8-5-15(6-9-19)12-18(14(15)20)11-13-4-3-7-16-10-13/h3-4,7,10H,5-6,8-9,11-12H2,1-2H3. The van der Waals surface area contributed by atoms with Crippen molar-refractivity contribution in [3.63, 3.8) is 0 Å². The van der Waals surface area contributed by atoms with Crippen LogP contribution < -0.4 is 0 Å². The molecule has 126 valence electrons. The third-order valence-corrected chi connectivity index (χ3v) is 6.74. The summed E-state index contributed by atoms with van der Waals surface area (Å²) in [4.78, 5) is 18.4. The van der Waals surface area contributed by atoms with Crippen LogP contribution in [0.15, 0.2) is 24.5 Å². The Bertz CT molecular complexity index is 682. The maximum atomic E-state index is 12.6. The number of aromatic nitrogens is 1. The molecule has 3 rings (SSSR count). The Labute approximate surface area is 137 Å². The summed E-state index contributed by atoms with van der Waals surface area (Å²) in [5.41, 5.74) is 0.656. The molecule has 23 heavy (non-hydrogen) atoms. The fourth-order valence-corrected chi connectivity index (χ4v) is 4.44. The van der Waals surface area contributed by atoms with E-state index in [-0.39, 0.29) is 11.3 Å². The first-order chi connectivity index (χ1) is 10.8. The minimum absolute atomic E-state index is 0.142. The largest absolute Gasteiger partial charge is 0.337 e. The topological polar surface area (TPSA) is 73.8 Å². The summed E-state index contributed by atoms with van der Waals surface area (Å²) >= 11 is 0. The third-order valence-electron chi connectivity index (χ3n) is 4.80. The molecule has 0 aromatic carbocycles. The van der Waals surface area contributed by atoms with E-state index in [1.54, 1.807) is 12.4 Å². The van der Waals surface area contributed by atoms with Crippen LogP contribution >= 0.6 is 0 Å². The van der Waals surface area contributed by atoms with Crippen molar-refractivity contribution in [3.05, 3.63) is 30.1 Å². The molecular weight excluding hydrogens is 316 g/mol. The van der Waals surface area contributed by atoms with E-state index in [1.807, 2.05) is 17.0 Å². The number of β-lactam (4-membered cyclic amide) rings is 1. The third kappa shape index (κ3) is 2.86. The van der Waals surface area contributed by atoms with E-state index in [0.29, 0.717) is 39.0 Å². The minimum Gasteiger partial charge on any atom is -0.337 e. The number of likely N-dealkylation sites (tertiary alicyclic amines) is 1. The van der Waals surface area contributed by atoms with E-state index in [2.05, 4.69) is 4.98 Å². The van der Waals surface area contributed by atoms with Crippen molar-refractivity contribution in [3.8, 4) is 0 Å². The van der Waals surface area contributed by atoms with Crippen molar-refractivity contribution in [1.29, 1.82) is 0 Å². The van der Waals surface area contributed by atoms with E-state index in [4.69, 9.17) is 0 Å². The minimum atomic E-state index is -3.38. The Morgan fingerprint density at radius 3 is 2.52 bits per heavy atom. The molecule has 1 aromatic rings. The average molecular weight is 338 g/mol. The molecule has 2 aliphatic heterocycles. The van der Waals surface area contributed by atoms with Gasteiger partial charge < -0.3 is 4.90 Å². The number of carbonyl (C=O) groups is 1. The number of amides is 1. The highest BCUT2D eigenvalue weighted by Crippen LogP contribution is 2.42. The van der Waals surface area contributed by atoms with Crippen molar-refractivity contribution in [2.24, 2.45) is 5.41 Å². The van der Waals surface area contributed by atoms with Crippen LogP contribution in [0.4, 0.5) is 0 Å². The van der Waals surface area contributed by atoms with Crippen LogP contribution in [-0.4, -0.2) is 66.5 Å². The van der Waals surface area contributed by atoms with Crippen molar-refractivity contribution in [1.82, 2.24) is 18.5 Å². The van der Waals surface area contributed by atoms with Gasteiger partial charge in [-0.05, 0) is 24.5 Å². The zero-order valence-corrected chi connectivity index (χ0v) is 14.3. The summed E-state index contributed by atoms with van der Waals surface area (Å²) in [7, 11) is -0.317. The fourth-order valence-electron chi connectivity index (χ4n) is 3.34. The van der Waals surface area contributed by atoms with Crippen LogP contribution in [0.3, 0.4) is 0 Å². The summed E-state index contributed by atoms with van der Waals surface area (Å²) in [6, 6.07) is 3.82. The lowest BCUT2D eigenvalue weighted by molar-refractivity contribution is -0.165. The van der Waals surface area contributed by atoms with Gasteiger partial charge in [0.25, 0.3) is 10.2 Å². The van der Waals surface area contributed by atoms with E-state index < -0.39 is 10.2 Å². The van der Waals surface area contributed by atoms with Crippen LogP contribution in [0.25, 0.3) is 0 Å². The number of pyridine rings is 1. The summed E-state index contributed by atoms with van der Waals surface area (Å²) in [5, 5.41) is 0. The number of piperidine rings is 1. The van der Waals surface area contributed by atoms with Gasteiger partial charge >= 0.3 is 0 Å². The molecule has 0 N–H and O–H groups in total. The summed E-state index contributed by atoms with van der Waals surface area (Å²) < 4.78 is 27.0. The number of hydrogen-bond donors (Lipinski definition) is 0. The lowest BCUT2D eigenvalue weighted by Crippen LogP contribution is -2.64. The van der Waals surface area contributed by atoms with Gasteiger partial charge in [0.2, 0.25) is 5.91 Å². The smallest absolute Gasteiger partial charge is 0.281 e. The van der Waals surface area contributed by atoms with Gasteiger partial charge in [-0.2, -0.15) is 17.0 Å². The fraction of sp³-hybridized carbons (Fsp3) is 0.600. The molecule has 8 heteroatoms. The van der Waals surface area contributed by atoms with Gasteiger partial charge in [0, 0.05) is 52.7 Å². The van der Waals surface area contributed by atoms with Gasteiger partial charge in [0.1, 0.15) is 0 Å². The molecule has 0 saturated carbocycles. The Kier molecular flexibility index (Phi) is 4.16. The van der Waals surface area contributed by atoms with Crippen molar-refractivity contribution in [2.75, 3.05) is 33.7 Å². The Morgan fingerprint density at radius 1 is 1.30 bits per heavy atom. The molecule has 0 bridgehead atoms. The Balaban J connectivity index is 1.59. The van der Waals surface area contributed by atoms with Crippen LogP contribution in [0.5, 0.6) is 0 Å². The molecule has 0 aliphatic carbocycles. The van der Waals surface area contributed by atoms with Crippen molar-refractivity contribution < 1.29 is 13.2 Å². The second kappa shape index (κ2) is 5.85. The maximum absolute atomic E-state index is 12.6. The number of rotatable bonds is 4. The Hall–Kier alpha value is -1.51. The molecule has 3 heterocycles. The second-order valence-corrected chi connectivity index (χ2v) is 8.63. The van der Waals surface area contributed by atoms with Gasteiger partial charge in [-0.3, -0.25) is 9.78 Å². The predicted molar refractivity (Wildman–Crippen MR) is 85.5 cm³/mol. The highest BCUT2D eigenvalue weighted by molar-refractivity contribution is 7.86. The molecule has 0 atom stereocenters. The molecule has 2 aliphatic rings. The molecule has 1 spiro atoms. The van der Waals surface area contributed by atoms with Gasteiger partial charge in [0.05, 0.1) is 5.41 Å². The predicted octanol–water partition coefficient (Wildman–Crippen LogP) is 0.312. The number of nitrogens with zero attached hydrogens (tertiary/aromatic N) is 4. The van der Waals surface area contributed by atoms with Crippen LogP contribution in [0.1, 0.15) is 18.4 Å². The zero-order valence-electron chi connectivity index (χ0n) is 13.5. The van der Waals surface area contributed by atoms with E-state index in [9.17, 15) is 13.2 Å². The summed E-state index contributed by atoms with van der Waals surface area (Å²) in [5.74, 6) is 0.142. The zero-order chi connectivity index (χ0) is 16.7. The molecule has 7 nitrogen and oxygen atoms in total. The van der Waals surface area contributed by atoms with Crippen LogP contribution in [0.2, 0.25) is 0 Å². The first kappa shape index (κ1) is 16.4. The highest BCUT2D eigenvalue weighted by Gasteiger charge is 2.53. The van der Waals surface area contributed by atoms with E-state index in [0.717, 1.165) is 5.56 Å². The van der Waals surface area contributed by atoms with Gasteiger partial charge in [-0.15, -0.1) is 0 Å². The Morgan fingerprint density at radius 2 is 2.00 bits per heavy atom. The monoisotopic (exact) mass is 338 g/mol. The van der Waals surface area contributed by atoms with Crippen molar-refractivity contribution >= 4 is 16.1 Å². The van der Waals surface area contributed by atoms with E-state index in [1.165, 1.54) is 22.7 Å². The van der Waals surface area contributed by atoms with Crippen LogP contribution in [0, 0.1) is 5.41 Å². The molecular formula is C15H22N4O3S. The van der Waals surface area contributed by atoms with Crippen LogP contribution in [-0.2, 0) is 21.5 Å². The number of carbonyl (C=O) groups excluding carboxylic acids is 1. The molecule has 2 saturated heterocycles. The molecule has 1 amide bonds. The van der Waals surface area contributed by atoms with Gasteiger partial charge in [0.15, 0.2) is 0 Å². The van der Waals surface area contributed by atoms with Crippen molar-refractivity contribution in [2.45, 2.75) is 19.4 Å². The molecule has 0 radical (unpaired) electrons. The normalized spacial score (nSPS) is 21.7.